The van der Waals surface area contributed by atoms with Gasteiger partial charge in [0.2, 0.25) is 0 Å². The van der Waals surface area contributed by atoms with E-state index in [9.17, 15) is 0 Å². The minimum absolute atomic E-state index is 0. The van der Waals surface area contributed by atoms with E-state index in [4.69, 9.17) is 0 Å². The summed E-state index contributed by atoms with van der Waals surface area (Å²) < 4.78 is 0. The van der Waals surface area contributed by atoms with Crippen molar-refractivity contribution < 1.29 is 18.6 Å². The third-order valence-corrected chi connectivity index (χ3v) is 3.74. The third kappa shape index (κ3) is 4.86. The minimum atomic E-state index is 0. The third-order valence-electron chi connectivity index (χ3n) is 3.74. The average Bonchev–Trinajstić information content (AvgIpc) is 2.87. The first-order chi connectivity index (χ1) is 7.83. The van der Waals surface area contributed by atoms with Crippen LogP contribution < -0.4 is 0 Å². The molecule has 2 rings (SSSR count). The number of halogens is 3. The molecule has 0 atom stereocenters. The Kier molecular flexibility index (Phi) is 14.8. The van der Waals surface area contributed by atoms with Gasteiger partial charge in [-0.05, 0) is 23.8 Å². The van der Waals surface area contributed by atoms with Crippen molar-refractivity contribution >= 4 is 37.2 Å². The molecule has 0 heterocycles. The van der Waals surface area contributed by atoms with Crippen LogP contribution in [0.3, 0.4) is 0 Å². The SMILES string of the molecule is CCC(CC)(C1=[C-]CC=C1)c1ccccc1.Cl.Cl.Cl.[V]. The molecule has 20 heavy (non-hydrogen) atoms. The fourth-order valence-electron chi connectivity index (χ4n) is 2.69. The number of hydrogen-bond donors (Lipinski definition) is 0. The van der Waals surface area contributed by atoms with Crippen LogP contribution in [0.4, 0.5) is 0 Å². The second kappa shape index (κ2) is 11.8. The van der Waals surface area contributed by atoms with E-state index < -0.39 is 0 Å². The molecular formula is C16H22Cl3V-. The molecule has 1 radical (unpaired) electrons. The Hall–Kier alpha value is 0.154. The molecular weight excluding hydrogens is 349 g/mol. The maximum absolute atomic E-state index is 3.50. The van der Waals surface area contributed by atoms with Crippen molar-refractivity contribution in [3.63, 3.8) is 0 Å². The Labute approximate surface area is 153 Å². The molecule has 113 valence electrons. The van der Waals surface area contributed by atoms with Crippen molar-refractivity contribution in [2.45, 2.75) is 38.5 Å². The first-order valence-electron chi connectivity index (χ1n) is 6.17. The number of allylic oxidation sites excluding steroid dienone is 4. The predicted octanol–water partition coefficient (Wildman–Crippen LogP) is 5.70. The van der Waals surface area contributed by atoms with Gasteiger partial charge in [-0.3, -0.25) is 6.08 Å². The van der Waals surface area contributed by atoms with Crippen LogP contribution in [0.25, 0.3) is 0 Å². The molecule has 0 saturated carbocycles. The van der Waals surface area contributed by atoms with Crippen molar-refractivity contribution in [1.29, 1.82) is 0 Å². The largest absolute Gasteiger partial charge is 0.269 e. The molecule has 0 spiro atoms. The molecule has 0 saturated heterocycles. The Morgan fingerprint density at radius 2 is 1.55 bits per heavy atom. The van der Waals surface area contributed by atoms with Gasteiger partial charge in [-0.1, -0.05) is 44.2 Å². The van der Waals surface area contributed by atoms with Crippen LogP contribution in [0.1, 0.15) is 38.7 Å². The van der Waals surface area contributed by atoms with E-state index in [0.29, 0.717) is 0 Å². The number of rotatable bonds is 4. The zero-order valence-electron chi connectivity index (χ0n) is 11.8. The molecule has 0 aliphatic heterocycles. The van der Waals surface area contributed by atoms with Gasteiger partial charge in [0.25, 0.3) is 0 Å². The van der Waals surface area contributed by atoms with Crippen LogP contribution in [-0.4, -0.2) is 0 Å². The van der Waals surface area contributed by atoms with Gasteiger partial charge in [0.1, 0.15) is 0 Å². The van der Waals surface area contributed by atoms with Crippen LogP contribution in [0.5, 0.6) is 0 Å². The molecule has 1 aromatic carbocycles. The molecule has 0 amide bonds. The van der Waals surface area contributed by atoms with Gasteiger partial charge in [-0.15, -0.1) is 43.6 Å². The summed E-state index contributed by atoms with van der Waals surface area (Å²) in [6.07, 6.45) is 11.2. The van der Waals surface area contributed by atoms with Gasteiger partial charge in [0.05, 0.1) is 0 Å². The molecule has 0 bridgehead atoms. The van der Waals surface area contributed by atoms with Crippen molar-refractivity contribution in [3.05, 3.63) is 59.7 Å². The summed E-state index contributed by atoms with van der Waals surface area (Å²) in [6.45, 7) is 4.55. The summed E-state index contributed by atoms with van der Waals surface area (Å²) in [6, 6.07) is 10.8. The second-order valence-electron chi connectivity index (χ2n) is 4.35. The molecule has 0 N–H and O–H groups in total. The van der Waals surface area contributed by atoms with Gasteiger partial charge < -0.3 is 0 Å². The zero-order chi connectivity index (χ0) is 11.4. The second-order valence-corrected chi connectivity index (χ2v) is 4.35. The summed E-state index contributed by atoms with van der Waals surface area (Å²) in [7, 11) is 0. The topological polar surface area (TPSA) is 0 Å². The fourth-order valence-corrected chi connectivity index (χ4v) is 2.69. The van der Waals surface area contributed by atoms with Crippen LogP contribution in [0.2, 0.25) is 0 Å². The standard InChI is InChI=1S/C16H19.3ClH.V/c1-3-16(4-2,15-12-8-9-13-15)14-10-6-5-7-11-14;;;;/h5-8,10-12H,3-4,9H2,1-2H3;3*1H;/q-1;;;;. The Morgan fingerprint density at radius 3 is 1.95 bits per heavy atom. The Morgan fingerprint density at radius 1 is 1.00 bits per heavy atom. The Bertz CT molecular complexity index is 409. The quantitative estimate of drug-likeness (QED) is 0.596. The van der Waals surface area contributed by atoms with E-state index in [1.807, 2.05) is 0 Å². The molecule has 1 aliphatic rings. The summed E-state index contributed by atoms with van der Waals surface area (Å²) >= 11 is 0. The molecule has 4 heteroatoms. The smallest absolute Gasteiger partial charge is 0 e. The van der Waals surface area contributed by atoms with Crippen LogP contribution in [0.15, 0.2) is 48.1 Å². The van der Waals surface area contributed by atoms with E-state index in [-0.39, 0.29) is 61.2 Å². The average molecular weight is 372 g/mol. The van der Waals surface area contributed by atoms with E-state index in [1.165, 1.54) is 11.1 Å². The summed E-state index contributed by atoms with van der Waals surface area (Å²) in [4.78, 5) is 0. The monoisotopic (exact) mass is 370 g/mol. The normalized spacial score (nSPS) is 12.2. The van der Waals surface area contributed by atoms with Gasteiger partial charge in [0, 0.05) is 18.6 Å². The van der Waals surface area contributed by atoms with Gasteiger partial charge in [-0.2, -0.15) is 6.08 Å². The first-order valence-corrected chi connectivity index (χ1v) is 6.17. The van der Waals surface area contributed by atoms with Crippen molar-refractivity contribution in [2.75, 3.05) is 0 Å². The van der Waals surface area contributed by atoms with Crippen molar-refractivity contribution in [1.82, 2.24) is 0 Å². The summed E-state index contributed by atoms with van der Waals surface area (Å²) in [5.74, 6) is 0. The molecule has 1 aromatic rings. The molecule has 0 aromatic heterocycles. The summed E-state index contributed by atoms with van der Waals surface area (Å²) in [5.41, 5.74) is 2.98. The maximum Gasteiger partial charge on any atom is 0 e. The summed E-state index contributed by atoms with van der Waals surface area (Å²) in [5, 5.41) is 0. The molecule has 0 nitrogen and oxygen atoms in total. The van der Waals surface area contributed by atoms with Crippen LogP contribution >= 0.6 is 37.2 Å². The van der Waals surface area contributed by atoms with Crippen molar-refractivity contribution in [2.24, 2.45) is 0 Å². The zero-order valence-corrected chi connectivity index (χ0v) is 15.7. The Balaban J connectivity index is -0.000000722. The van der Waals surface area contributed by atoms with Crippen molar-refractivity contribution in [3.8, 4) is 0 Å². The molecule has 0 fully saturated rings. The maximum atomic E-state index is 3.50. The first kappa shape index (κ1) is 25.1. The number of hydrogen-bond acceptors (Lipinski definition) is 0. The van der Waals surface area contributed by atoms with E-state index in [0.717, 1.165) is 19.3 Å². The number of benzene rings is 1. The van der Waals surface area contributed by atoms with Gasteiger partial charge in [0.15, 0.2) is 0 Å². The fraction of sp³-hybridized carbons (Fsp3) is 0.375. The molecule has 0 unspecified atom stereocenters. The molecule has 1 aliphatic carbocycles. The van der Waals surface area contributed by atoms with E-state index >= 15 is 0 Å². The van der Waals surface area contributed by atoms with E-state index in [1.54, 1.807) is 0 Å². The minimum Gasteiger partial charge on any atom is -0.269 e. The van der Waals surface area contributed by atoms with Crippen LogP contribution in [0, 0.1) is 6.08 Å². The van der Waals surface area contributed by atoms with Gasteiger partial charge in [-0.25, -0.2) is 11.6 Å². The van der Waals surface area contributed by atoms with Gasteiger partial charge >= 0.3 is 0 Å². The predicted molar refractivity (Wildman–Crippen MR) is 91.0 cm³/mol. The van der Waals surface area contributed by atoms with E-state index in [2.05, 4.69) is 62.4 Å². The van der Waals surface area contributed by atoms with Crippen LogP contribution in [-0.2, 0) is 24.0 Å².